The van der Waals surface area contributed by atoms with E-state index in [1.807, 2.05) is 52.0 Å². The summed E-state index contributed by atoms with van der Waals surface area (Å²) in [6, 6.07) is 21.3. The molecule has 0 unspecified atom stereocenters. The Bertz CT molecular complexity index is 1400. The second-order valence-electron chi connectivity index (χ2n) is 12.4. The number of anilines is 1. The number of rotatable bonds is 5. The van der Waals surface area contributed by atoms with Gasteiger partial charge in [0.2, 0.25) is 0 Å². The van der Waals surface area contributed by atoms with Gasteiger partial charge in [-0.3, -0.25) is 5.32 Å². The van der Waals surface area contributed by atoms with Crippen molar-refractivity contribution in [1.82, 2.24) is 0 Å². The van der Waals surface area contributed by atoms with E-state index in [0.29, 0.717) is 11.2 Å². The summed E-state index contributed by atoms with van der Waals surface area (Å²) in [6.45, 7) is 13.4. The maximum atomic E-state index is 13.0. The van der Waals surface area contributed by atoms with Gasteiger partial charge >= 0.3 is 19.2 Å². The van der Waals surface area contributed by atoms with Crippen LogP contribution in [-0.4, -0.2) is 42.6 Å². The summed E-state index contributed by atoms with van der Waals surface area (Å²) in [5, 5.41) is 2.80. The molecule has 1 saturated heterocycles. The molecule has 0 spiro atoms. The van der Waals surface area contributed by atoms with Gasteiger partial charge in [-0.2, -0.15) is 0 Å². The summed E-state index contributed by atoms with van der Waals surface area (Å²) in [7, 11) is -0.726. The van der Waals surface area contributed by atoms with E-state index in [2.05, 4.69) is 29.6 Å². The highest BCUT2D eigenvalue weighted by Gasteiger charge is 2.52. The van der Waals surface area contributed by atoms with Crippen LogP contribution < -0.4 is 10.8 Å². The number of amides is 1. The third-order valence-corrected chi connectivity index (χ3v) is 7.71. The topological polar surface area (TPSA) is 83.1 Å². The summed E-state index contributed by atoms with van der Waals surface area (Å²) >= 11 is 0. The van der Waals surface area contributed by atoms with Crippen LogP contribution in [0.5, 0.6) is 0 Å². The van der Waals surface area contributed by atoms with E-state index in [-0.39, 0.29) is 18.1 Å². The molecule has 208 valence electrons. The molecular formula is C32H36BNO6. The van der Waals surface area contributed by atoms with E-state index in [1.54, 1.807) is 39.0 Å². The number of carbonyl (C=O) groups is 2. The van der Waals surface area contributed by atoms with Gasteiger partial charge in [0.25, 0.3) is 0 Å². The van der Waals surface area contributed by atoms with Crippen molar-refractivity contribution in [2.45, 2.75) is 71.2 Å². The molecule has 1 aliphatic heterocycles. The zero-order chi connectivity index (χ0) is 28.9. The largest absolute Gasteiger partial charge is 0.494 e. The van der Waals surface area contributed by atoms with Gasteiger partial charge in [0, 0.05) is 11.6 Å². The fraction of sp³-hybridized carbons (Fsp3) is 0.375. The first-order chi connectivity index (χ1) is 18.7. The predicted molar refractivity (Wildman–Crippen MR) is 156 cm³/mol. The molecule has 1 N–H and O–H groups in total. The van der Waals surface area contributed by atoms with Gasteiger partial charge in [-0.15, -0.1) is 0 Å². The molecule has 40 heavy (non-hydrogen) atoms. The molecule has 7 nitrogen and oxygen atoms in total. The maximum absolute atomic E-state index is 13.0. The molecule has 1 amide bonds. The highest BCUT2D eigenvalue weighted by molar-refractivity contribution is 6.62. The van der Waals surface area contributed by atoms with Crippen LogP contribution >= 0.6 is 0 Å². The van der Waals surface area contributed by atoms with Crippen molar-refractivity contribution in [3.63, 3.8) is 0 Å². The minimum Gasteiger partial charge on any atom is -0.456 e. The molecule has 0 aromatic heterocycles. The van der Waals surface area contributed by atoms with Gasteiger partial charge in [-0.1, -0.05) is 48.5 Å². The van der Waals surface area contributed by atoms with Crippen LogP contribution in [0.4, 0.5) is 10.5 Å². The Morgan fingerprint density at radius 3 is 1.98 bits per heavy atom. The fourth-order valence-corrected chi connectivity index (χ4v) is 5.05. The lowest BCUT2D eigenvalue weighted by Gasteiger charge is -2.32. The van der Waals surface area contributed by atoms with Crippen LogP contribution in [0.2, 0.25) is 0 Å². The van der Waals surface area contributed by atoms with E-state index in [4.69, 9.17) is 18.8 Å². The standard InChI is InChI=1S/C32H36BNO6/c1-30(2,3)38-28(35)20-16-21(33-39-31(4,5)32(6,7)40-33)18-22(17-20)34-29(36)37-19-27-25-14-10-8-12-23(25)24-13-9-11-15-26(24)27/h8-18,27H,19H2,1-7H3,(H,34,36). The van der Waals surface area contributed by atoms with Crippen molar-refractivity contribution in [3.05, 3.63) is 83.4 Å². The van der Waals surface area contributed by atoms with Crippen molar-refractivity contribution >= 4 is 30.3 Å². The van der Waals surface area contributed by atoms with Crippen LogP contribution in [0.25, 0.3) is 11.1 Å². The zero-order valence-corrected chi connectivity index (χ0v) is 24.2. The molecule has 8 heteroatoms. The van der Waals surface area contributed by atoms with Gasteiger partial charge in [0.15, 0.2) is 0 Å². The Morgan fingerprint density at radius 1 is 0.875 bits per heavy atom. The molecule has 0 atom stereocenters. The Morgan fingerprint density at radius 2 is 1.43 bits per heavy atom. The van der Waals surface area contributed by atoms with E-state index >= 15 is 0 Å². The quantitative estimate of drug-likeness (QED) is 0.302. The molecule has 1 fully saturated rings. The second-order valence-corrected chi connectivity index (χ2v) is 12.4. The highest BCUT2D eigenvalue weighted by Crippen LogP contribution is 2.44. The predicted octanol–water partition coefficient (Wildman–Crippen LogP) is 6.30. The first kappa shape index (κ1) is 27.9. The zero-order valence-electron chi connectivity index (χ0n) is 24.2. The first-order valence-corrected chi connectivity index (χ1v) is 13.6. The van der Waals surface area contributed by atoms with Gasteiger partial charge in [-0.25, -0.2) is 9.59 Å². The number of esters is 1. The Hall–Kier alpha value is -3.62. The van der Waals surface area contributed by atoms with E-state index in [1.165, 1.54) is 0 Å². The van der Waals surface area contributed by atoms with E-state index < -0.39 is 36.0 Å². The van der Waals surface area contributed by atoms with E-state index in [0.717, 1.165) is 22.3 Å². The fourth-order valence-electron chi connectivity index (χ4n) is 5.05. The second kappa shape index (κ2) is 10.1. The molecule has 3 aromatic rings. The number of ether oxygens (including phenoxy) is 2. The van der Waals surface area contributed by atoms with Crippen molar-refractivity contribution in [1.29, 1.82) is 0 Å². The minimum absolute atomic E-state index is 0.0634. The van der Waals surface area contributed by atoms with Gasteiger partial charge in [0.05, 0.1) is 16.8 Å². The normalized spacial score (nSPS) is 17.2. The average molecular weight is 541 g/mol. The lowest BCUT2D eigenvalue weighted by Crippen LogP contribution is -2.41. The smallest absolute Gasteiger partial charge is 0.456 e. The van der Waals surface area contributed by atoms with Gasteiger partial charge in [0.1, 0.15) is 12.2 Å². The molecular weight excluding hydrogens is 505 g/mol. The molecule has 2 aliphatic rings. The number of benzene rings is 3. The Balaban J connectivity index is 1.37. The SMILES string of the molecule is CC(C)(C)OC(=O)c1cc(NC(=O)OCC2c3ccccc3-c3ccccc32)cc(B2OC(C)(C)C(C)(C)O2)c1. The monoisotopic (exact) mass is 541 g/mol. The van der Waals surface area contributed by atoms with Crippen LogP contribution in [-0.2, 0) is 18.8 Å². The van der Waals surface area contributed by atoms with Crippen molar-refractivity contribution < 1.29 is 28.4 Å². The van der Waals surface area contributed by atoms with Crippen LogP contribution in [0.3, 0.4) is 0 Å². The van der Waals surface area contributed by atoms with Crippen LogP contribution in [0.1, 0.15) is 75.9 Å². The Kier molecular flexibility index (Phi) is 7.05. The Labute approximate surface area is 236 Å². The molecule has 0 saturated carbocycles. The number of hydrogen-bond acceptors (Lipinski definition) is 6. The average Bonchev–Trinajstić information content (AvgIpc) is 3.31. The molecule has 3 aromatic carbocycles. The van der Waals surface area contributed by atoms with Gasteiger partial charge in [-0.05, 0) is 94.4 Å². The molecule has 1 aliphatic carbocycles. The van der Waals surface area contributed by atoms with Gasteiger partial charge < -0.3 is 18.8 Å². The summed E-state index contributed by atoms with van der Waals surface area (Å²) in [4.78, 5) is 26.0. The molecule has 1 heterocycles. The van der Waals surface area contributed by atoms with Crippen molar-refractivity contribution in [2.75, 3.05) is 11.9 Å². The van der Waals surface area contributed by atoms with Crippen molar-refractivity contribution in [2.24, 2.45) is 0 Å². The summed E-state index contributed by atoms with van der Waals surface area (Å²) in [6.07, 6.45) is -0.622. The summed E-state index contributed by atoms with van der Waals surface area (Å²) < 4.78 is 23.7. The minimum atomic E-state index is -0.726. The summed E-state index contributed by atoms with van der Waals surface area (Å²) in [5.41, 5.74) is 4.00. The third-order valence-electron chi connectivity index (χ3n) is 7.71. The first-order valence-electron chi connectivity index (χ1n) is 13.6. The number of nitrogens with one attached hydrogen (secondary N) is 1. The van der Waals surface area contributed by atoms with Crippen LogP contribution in [0.15, 0.2) is 66.7 Å². The lowest BCUT2D eigenvalue weighted by molar-refractivity contribution is 0.00578. The molecule has 0 radical (unpaired) electrons. The number of hydrogen-bond donors (Lipinski definition) is 1. The highest BCUT2D eigenvalue weighted by atomic mass is 16.7. The summed E-state index contributed by atoms with van der Waals surface area (Å²) in [5.74, 6) is -0.576. The number of fused-ring (bicyclic) bond motifs is 3. The third kappa shape index (κ3) is 5.51. The maximum Gasteiger partial charge on any atom is 0.494 e. The molecule has 0 bridgehead atoms. The van der Waals surface area contributed by atoms with Crippen molar-refractivity contribution in [3.8, 4) is 11.1 Å². The molecule has 5 rings (SSSR count). The number of carbonyl (C=O) groups excluding carboxylic acids is 2. The van der Waals surface area contributed by atoms with Crippen LogP contribution in [0, 0.1) is 0 Å². The van der Waals surface area contributed by atoms with E-state index in [9.17, 15) is 9.59 Å². The lowest BCUT2D eigenvalue weighted by atomic mass is 9.78.